The summed E-state index contributed by atoms with van der Waals surface area (Å²) in [6.45, 7) is 1.72. The SMILES string of the molecule is CC(C)C[C@H](NC(=O)[C@H](CO)NC(=O)[C@H](CO)NC(=O)[C@@H](N)Cc1ccccc1)C(=O)N[C@@H](CCCCN)C(=O)N[C@@H](CC(=O)O)C(=O)N[C@@H](Cc1ccc(O)cc1)C(=O)N[C@@H](Cc1c[nH]c2ccccc12)C(=O)O. The van der Waals surface area contributed by atoms with E-state index in [4.69, 9.17) is 11.5 Å². The molecular weight excluding hydrogens is 977 g/mol. The standard InChI is InChI=1S/C51H68N10O14/c1-28(2)20-37(56-49(72)42(27-63)61-50(73)41(26-62)60-44(67)34(53)21-29-10-4-3-5-11-29)46(69)55-36(14-8-9-19-52)45(68)58-39(24-43(65)66)48(71)57-38(22-30-15-17-32(64)18-16-30)47(70)59-40(51(74)75)23-31-25-54-35-13-7-6-12-33(31)35/h3-7,10-13,15-18,25,28,34,36-42,54,62-64H,8-9,14,19-24,26-27,52-53H2,1-2H3,(H,55,69)(H,56,72)(H,57,71)(H,58,68)(H,59,70)(H,60,67)(H,61,73)(H,65,66)(H,74,75)/t34-,36-,37-,38-,39-,40-,41-,42-/m0/s1. The molecule has 8 atom stereocenters. The quantitative estimate of drug-likeness (QED) is 0.0251. The number of aliphatic hydroxyl groups is 2. The number of carbonyl (C=O) groups excluding carboxylic acids is 7. The lowest BCUT2D eigenvalue weighted by Crippen LogP contribution is -2.61. The summed E-state index contributed by atoms with van der Waals surface area (Å²) in [4.78, 5) is 124. The third-order valence-corrected chi connectivity index (χ3v) is 11.9. The molecule has 7 amide bonds. The number of fused-ring (bicyclic) bond motifs is 1. The van der Waals surface area contributed by atoms with Gasteiger partial charge in [0.1, 0.15) is 48.0 Å². The number of aromatic hydroxyl groups is 1. The highest BCUT2D eigenvalue weighted by molar-refractivity contribution is 5.98. The Labute approximate surface area is 432 Å². The molecule has 0 unspecified atom stereocenters. The number of nitrogens with one attached hydrogen (secondary N) is 8. The molecule has 24 heteroatoms. The van der Waals surface area contributed by atoms with Crippen LogP contribution in [-0.4, -0.2) is 152 Å². The van der Waals surface area contributed by atoms with Gasteiger partial charge < -0.3 is 79.2 Å². The molecule has 1 heterocycles. The lowest BCUT2D eigenvalue weighted by Gasteiger charge is -2.28. The van der Waals surface area contributed by atoms with Crippen LogP contribution >= 0.6 is 0 Å². The van der Waals surface area contributed by atoms with Crippen LogP contribution in [0.15, 0.2) is 85.1 Å². The number of hydrogen-bond donors (Lipinski definition) is 15. The van der Waals surface area contributed by atoms with Crippen molar-refractivity contribution in [3.63, 3.8) is 0 Å². The largest absolute Gasteiger partial charge is 0.508 e. The average molecular weight is 1050 g/mol. The lowest BCUT2D eigenvalue weighted by molar-refractivity contribution is -0.143. The van der Waals surface area contributed by atoms with E-state index >= 15 is 0 Å². The minimum atomic E-state index is -1.88. The number of H-pyrrole nitrogens is 1. The summed E-state index contributed by atoms with van der Waals surface area (Å²) in [5, 5.41) is 67.6. The van der Waals surface area contributed by atoms with E-state index in [0.29, 0.717) is 22.9 Å². The third-order valence-electron chi connectivity index (χ3n) is 11.9. The number of aromatic nitrogens is 1. The molecule has 406 valence electrons. The highest BCUT2D eigenvalue weighted by Gasteiger charge is 2.35. The van der Waals surface area contributed by atoms with Gasteiger partial charge in [0.15, 0.2) is 0 Å². The number of carboxylic acids is 2. The summed E-state index contributed by atoms with van der Waals surface area (Å²) in [7, 11) is 0. The third kappa shape index (κ3) is 19.1. The molecule has 0 saturated heterocycles. The minimum Gasteiger partial charge on any atom is -0.508 e. The van der Waals surface area contributed by atoms with Crippen LogP contribution in [0, 0.1) is 5.92 Å². The van der Waals surface area contributed by atoms with E-state index in [2.05, 4.69) is 42.2 Å². The number of amides is 7. The number of carboxylic acid groups (broad SMARTS) is 2. The van der Waals surface area contributed by atoms with E-state index < -0.39 is 121 Å². The van der Waals surface area contributed by atoms with Crippen molar-refractivity contribution >= 4 is 64.2 Å². The Morgan fingerprint density at radius 3 is 1.64 bits per heavy atom. The monoisotopic (exact) mass is 1040 g/mol. The van der Waals surface area contributed by atoms with E-state index in [9.17, 15) is 68.7 Å². The van der Waals surface area contributed by atoms with Crippen LogP contribution in [0.4, 0.5) is 0 Å². The number of phenols is 1. The maximum atomic E-state index is 14.1. The molecule has 75 heavy (non-hydrogen) atoms. The van der Waals surface area contributed by atoms with Gasteiger partial charge in [-0.2, -0.15) is 0 Å². The fourth-order valence-corrected chi connectivity index (χ4v) is 7.91. The molecule has 24 nitrogen and oxygen atoms in total. The number of hydrogen-bond acceptors (Lipinski definition) is 14. The van der Waals surface area contributed by atoms with Crippen molar-refractivity contribution in [2.45, 2.75) is 114 Å². The topological polar surface area (TPSA) is 407 Å². The molecule has 0 spiro atoms. The first kappa shape index (κ1) is 59.6. The van der Waals surface area contributed by atoms with Crippen LogP contribution in [0.3, 0.4) is 0 Å². The first-order chi connectivity index (χ1) is 35.7. The Kier molecular flexibility index (Phi) is 23.6. The Hall–Kier alpha value is -7.93. The number of para-hydroxylation sites is 1. The first-order valence-electron chi connectivity index (χ1n) is 24.3. The molecule has 0 saturated carbocycles. The van der Waals surface area contributed by atoms with Crippen LogP contribution in [0.5, 0.6) is 5.75 Å². The molecule has 0 radical (unpaired) electrons. The van der Waals surface area contributed by atoms with Gasteiger partial charge >= 0.3 is 11.9 Å². The predicted molar refractivity (Wildman–Crippen MR) is 272 cm³/mol. The van der Waals surface area contributed by atoms with E-state index in [-0.39, 0.29) is 56.7 Å². The Morgan fingerprint density at radius 2 is 1.04 bits per heavy atom. The molecule has 4 rings (SSSR count). The van der Waals surface area contributed by atoms with Crippen LogP contribution in [-0.2, 0) is 62.4 Å². The highest BCUT2D eigenvalue weighted by atomic mass is 16.4. The molecule has 0 aliphatic carbocycles. The zero-order chi connectivity index (χ0) is 55.2. The van der Waals surface area contributed by atoms with Gasteiger partial charge in [-0.05, 0) is 79.5 Å². The molecule has 0 aliphatic heterocycles. The summed E-state index contributed by atoms with van der Waals surface area (Å²) >= 11 is 0. The molecule has 0 bridgehead atoms. The number of nitrogens with two attached hydrogens (primary N) is 2. The van der Waals surface area contributed by atoms with E-state index in [1.54, 1.807) is 74.6 Å². The van der Waals surface area contributed by atoms with Gasteiger partial charge in [-0.1, -0.05) is 74.5 Å². The molecule has 4 aromatic rings. The molecule has 1 aromatic heterocycles. The number of phenolic OH excluding ortho intramolecular Hbond substituents is 1. The van der Waals surface area contributed by atoms with Crippen molar-refractivity contribution in [1.29, 1.82) is 0 Å². The van der Waals surface area contributed by atoms with Gasteiger partial charge in [0.25, 0.3) is 0 Å². The van der Waals surface area contributed by atoms with E-state index in [0.717, 1.165) is 11.1 Å². The van der Waals surface area contributed by atoms with Crippen LogP contribution < -0.4 is 48.7 Å². The van der Waals surface area contributed by atoms with Gasteiger partial charge in [-0.25, -0.2) is 4.79 Å². The van der Waals surface area contributed by atoms with Crippen molar-refractivity contribution in [3.05, 3.63) is 102 Å². The number of benzene rings is 3. The number of aliphatic hydroxyl groups excluding tert-OH is 2. The molecule has 3 aromatic carbocycles. The Morgan fingerprint density at radius 1 is 0.547 bits per heavy atom. The van der Waals surface area contributed by atoms with Gasteiger partial charge in [-0.15, -0.1) is 0 Å². The average Bonchev–Trinajstić information content (AvgIpc) is 3.78. The summed E-state index contributed by atoms with van der Waals surface area (Å²) < 4.78 is 0. The molecular formula is C51H68N10O14. The van der Waals surface area contributed by atoms with Crippen molar-refractivity contribution in [1.82, 2.24) is 42.2 Å². The Bertz CT molecular complexity index is 2580. The number of rotatable bonds is 31. The number of carbonyl (C=O) groups is 9. The maximum Gasteiger partial charge on any atom is 0.326 e. The zero-order valence-corrected chi connectivity index (χ0v) is 41.6. The Balaban J connectivity index is 1.50. The summed E-state index contributed by atoms with van der Waals surface area (Å²) in [6, 6.07) is 9.15. The normalized spacial score (nSPS) is 14.4. The van der Waals surface area contributed by atoms with Gasteiger partial charge in [-0.3, -0.25) is 38.4 Å². The summed E-state index contributed by atoms with van der Waals surface area (Å²) in [5.41, 5.74) is 14.2. The maximum absolute atomic E-state index is 14.1. The van der Waals surface area contributed by atoms with Crippen molar-refractivity contribution in [2.75, 3.05) is 19.8 Å². The van der Waals surface area contributed by atoms with Crippen LogP contribution in [0.25, 0.3) is 10.9 Å². The zero-order valence-electron chi connectivity index (χ0n) is 41.6. The van der Waals surface area contributed by atoms with Crippen LogP contribution in [0.2, 0.25) is 0 Å². The second-order valence-corrected chi connectivity index (χ2v) is 18.4. The van der Waals surface area contributed by atoms with Crippen molar-refractivity contribution < 1.29 is 68.7 Å². The first-order valence-corrected chi connectivity index (χ1v) is 24.3. The van der Waals surface area contributed by atoms with Crippen molar-refractivity contribution in [2.24, 2.45) is 17.4 Å². The van der Waals surface area contributed by atoms with E-state index in [1.165, 1.54) is 24.3 Å². The summed E-state index contributed by atoms with van der Waals surface area (Å²) in [5.74, 6) is -10.4. The molecule has 0 fully saturated rings. The fourth-order valence-electron chi connectivity index (χ4n) is 7.91. The fraction of sp³-hybridized carbons (Fsp3) is 0.431. The number of aromatic amines is 1. The number of unbranched alkanes of at least 4 members (excludes halogenated alkanes) is 1. The van der Waals surface area contributed by atoms with Gasteiger partial charge in [0.2, 0.25) is 41.4 Å². The lowest BCUT2D eigenvalue weighted by atomic mass is 10.0. The molecule has 0 aliphatic rings. The van der Waals surface area contributed by atoms with Crippen molar-refractivity contribution in [3.8, 4) is 5.75 Å². The van der Waals surface area contributed by atoms with Crippen LogP contribution in [0.1, 0.15) is 62.6 Å². The minimum absolute atomic E-state index is 0.0471. The second-order valence-electron chi connectivity index (χ2n) is 18.4. The van der Waals surface area contributed by atoms with E-state index in [1.807, 2.05) is 0 Å². The smallest absolute Gasteiger partial charge is 0.326 e. The highest BCUT2D eigenvalue weighted by Crippen LogP contribution is 2.20. The summed E-state index contributed by atoms with van der Waals surface area (Å²) in [6.07, 6.45) is 0.698. The van der Waals surface area contributed by atoms with Gasteiger partial charge in [0.05, 0.1) is 25.7 Å². The molecule has 17 N–H and O–H groups in total. The second kappa shape index (κ2) is 29.7. The van der Waals surface area contributed by atoms with Gasteiger partial charge in [0, 0.05) is 29.9 Å². The number of aliphatic carboxylic acids is 2. The predicted octanol–water partition coefficient (Wildman–Crippen LogP) is -1.66.